The van der Waals surface area contributed by atoms with Crippen LogP contribution >= 0.6 is 23.2 Å². The highest BCUT2D eigenvalue weighted by atomic mass is 35.5. The molecule has 1 aromatic carbocycles. The normalized spacial score (nSPS) is 15.1. The van der Waals surface area contributed by atoms with Crippen LogP contribution in [0.2, 0.25) is 10.0 Å². The highest BCUT2D eigenvalue weighted by Gasteiger charge is 2.25. The van der Waals surface area contributed by atoms with Gasteiger partial charge in [0.2, 0.25) is 0 Å². The summed E-state index contributed by atoms with van der Waals surface area (Å²) in [6, 6.07) is 2.75. The average Bonchev–Trinajstić information content (AvgIpc) is 2.20. The minimum absolute atomic E-state index is 0.0263. The third-order valence-corrected chi connectivity index (χ3v) is 3.47. The zero-order chi connectivity index (χ0) is 13.2. The summed E-state index contributed by atoms with van der Waals surface area (Å²) < 4.78 is 13.4. The summed E-state index contributed by atoms with van der Waals surface area (Å²) in [5.74, 6) is 0.0705. The van der Waals surface area contributed by atoms with Gasteiger partial charge < -0.3 is 5.73 Å². The number of hydrogen-bond acceptors (Lipinski definition) is 1. The van der Waals surface area contributed by atoms with E-state index in [0.717, 1.165) is 12.8 Å². The van der Waals surface area contributed by atoms with Crippen molar-refractivity contribution in [2.24, 2.45) is 11.7 Å². The molecule has 1 atom stereocenters. The number of rotatable bonds is 4. The monoisotopic (exact) mass is 277 g/mol. The molecule has 0 fully saturated rings. The molecule has 17 heavy (non-hydrogen) atoms. The van der Waals surface area contributed by atoms with E-state index in [-0.39, 0.29) is 5.02 Å². The van der Waals surface area contributed by atoms with Crippen LogP contribution in [0.15, 0.2) is 12.1 Å². The van der Waals surface area contributed by atoms with Gasteiger partial charge in [0.15, 0.2) is 0 Å². The first-order chi connectivity index (χ1) is 7.74. The van der Waals surface area contributed by atoms with E-state index in [4.69, 9.17) is 28.9 Å². The summed E-state index contributed by atoms with van der Waals surface area (Å²) >= 11 is 11.7. The second kappa shape index (κ2) is 5.55. The summed E-state index contributed by atoms with van der Waals surface area (Å²) in [5, 5.41) is 0.448. The molecule has 1 nitrogen and oxygen atoms in total. The van der Waals surface area contributed by atoms with Gasteiger partial charge in [0.1, 0.15) is 5.82 Å². The number of nitrogens with two attached hydrogens (primary N) is 1. The van der Waals surface area contributed by atoms with Crippen molar-refractivity contribution in [1.29, 1.82) is 0 Å². The van der Waals surface area contributed by atoms with Gasteiger partial charge in [0, 0.05) is 10.6 Å². The van der Waals surface area contributed by atoms with Gasteiger partial charge in [0.05, 0.1) is 5.02 Å². The summed E-state index contributed by atoms with van der Waals surface area (Å²) in [6.45, 7) is 6.12. The zero-order valence-electron chi connectivity index (χ0n) is 10.4. The molecule has 0 spiro atoms. The molecule has 0 aromatic heterocycles. The Kier molecular flexibility index (Phi) is 4.82. The van der Waals surface area contributed by atoms with Gasteiger partial charge in [-0.25, -0.2) is 4.39 Å². The van der Waals surface area contributed by atoms with E-state index in [2.05, 4.69) is 13.8 Å². The molecule has 0 saturated carbocycles. The molecule has 1 rings (SSSR count). The third kappa shape index (κ3) is 3.84. The van der Waals surface area contributed by atoms with E-state index >= 15 is 0 Å². The molecule has 0 amide bonds. The minimum Gasteiger partial charge on any atom is -0.322 e. The first-order valence-electron chi connectivity index (χ1n) is 5.68. The zero-order valence-corrected chi connectivity index (χ0v) is 11.9. The molecular weight excluding hydrogens is 260 g/mol. The summed E-state index contributed by atoms with van der Waals surface area (Å²) in [6.07, 6.45) is 1.72. The first kappa shape index (κ1) is 14.7. The maximum atomic E-state index is 13.4. The van der Waals surface area contributed by atoms with E-state index in [1.54, 1.807) is 0 Å². The largest absolute Gasteiger partial charge is 0.322 e. The molecule has 1 unspecified atom stereocenters. The first-order valence-corrected chi connectivity index (χ1v) is 6.43. The number of hydrogen-bond donors (Lipinski definition) is 1. The fraction of sp³-hybridized carbons (Fsp3) is 0.538. The van der Waals surface area contributed by atoms with Gasteiger partial charge in [-0.3, -0.25) is 0 Å². The van der Waals surface area contributed by atoms with Crippen LogP contribution in [0.3, 0.4) is 0 Å². The van der Waals surface area contributed by atoms with Crippen LogP contribution in [0.25, 0.3) is 0 Å². The van der Waals surface area contributed by atoms with Gasteiger partial charge in [-0.1, -0.05) is 37.0 Å². The molecule has 1 aromatic rings. The molecule has 0 heterocycles. The smallest absolute Gasteiger partial charge is 0.142 e. The van der Waals surface area contributed by atoms with Crippen molar-refractivity contribution in [2.45, 2.75) is 39.2 Å². The van der Waals surface area contributed by atoms with Crippen molar-refractivity contribution in [1.82, 2.24) is 0 Å². The third-order valence-electron chi connectivity index (χ3n) is 2.87. The lowest BCUT2D eigenvalue weighted by Crippen LogP contribution is -2.33. The molecule has 0 aliphatic carbocycles. The van der Waals surface area contributed by atoms with Crippen LogP contribution in [-0.2, 0) is 5.54 Å². The Bertz CT molecular complexity index is 403. The Balaban J connectivity index is 3.01. The van der Waals surface area contributed by atoms with Gasteiger partial charge in [-0.15, -0.1) is 0 Å². The van der Waals surface area contributed by atoms with Crippen LogP contribution in [-0.4, -0.2) is 0 Å². The van der Waals surface area contributed by atoms with Crippen molar-refractivity contribution in [3.05, 3.63) is 33.6 Å². The molecule has 0 aliphatic rings. The van der Waals surface area contributed by atoms with Crippen molar-refractivity contribution < 1.29 is 4.39 Å². The van der Waals surface area contributed by atoms with Gasteiger partial charge in [-0.05, 0) is 43.4 Å². The second-order valence-electron chi connectivity index (χ2n) is 5.10. The molecule has 0 aliphatic heterocycles. The van der Waals surface area contributed by atoms with Crippen LogP contribution in [0.5, 0.6) is 0 Å². The lowest BCUT2D eigenvalue weighted by atomic mass is 9.86. The maximum Gasteiger partial charge on any atom is 0.142 e. The van der Waals surface area contributed by atoms with Crippen molar-refractivity contribution in [2.75, 3.05) is 0 Å². The van der Waals surface area contributed by atoms with E-state index in [0.29, 0.717) is 16.5 Å². The van der Waals surface area contributed by atoms with Crippen molar-refractivity contribution in [3.8, 4) is 0 Å². The predicted molar refractivity (Wildman–Crippen MR) is 72.0 cm³/mol. The van der Waals surface area contributed by atoms with Gasteiger partial charge >= 0.3 is 0 Å². The molecule has 0 radical (unpaired) electrons. The second-order valence-corrected chi connectivity index (χ2v) is 5.91. The Morgan fingerprint density at radius 1 is 1.29 bits per heavy atom. The molecule has 0 bridgehead atoms. The van der Waals surface area contributed by atoms with Crippen LogP contribution < -0.4 is 5.73 Å². The molecule has 2 N–H and O–H groups in total. The van der Waals surface area contributed by atoms with Crippen molar-refractivity contribution >= 4 is 23.2 Å². The topological polar surface area (TPSA) is 26.0 Å². The highest BCUT2D eigenvalue weighted by Crippen LogP contribution is 2.33. The molecule has 4 heteroatoms. The SMILES string of the molecule is CC(C)CCC(C)(N)c1cc(F)c(Cl)cc1Cl. The standard InChI is InChI=1S/C13H18Cl2FN/c1-8(2)4-5-13(3,17)9-6-12(16)11(15)7-10(9)14/h6-8H,4-5,17H2,1-3H3. The maximum absolute atomic E-state index is 13.4. The van der Waals surface area contributed by atoms with Crippen molar-refractivity contribution in [3.63, 3.8) is 0 Å². The van der Waals surface area contributed by atoms with Crippen LogP contribution in [0, 0.1) is 11.7 Å². The lowest BCUT2D eigenvalue weighted by molar-refractivity contribution is 0.395. The highest BCUT2D eigenvalue weighted by molar-refractivity contribution is 6.35. The van der Waals surface area contributed by atoms with Crippen LogP contribution in [0.4, 0.5) is 4.39 Å². The Morgan fingerprint density at radius 3 is 2.41 bits per heavy atom. The summed E-state index contributed by atoms with van der Waals surface area (Å²) in [4.78, 5) is 0. The Hall–Kier alpha value is -0.310. The van der Waals surface area contributed by atoms with E-state index in [9.17, 15) is 4.39 Å². The van der Waals surface area contributed by atoms with E-state index in [1.165, 1.54) is 12.1 Å². The lowest BCUT2D eigenvalue weighted by Gasteiger charge is -2.27. The van der Waals surface area contributed by atoms with Gasteiger partial charge in [0.25, 0.3) is 0 Å². The van der Waals surface area contributed by atoms with E-state index in [1.807, 2.05) is 6.92 Å². The minimum atomic E-state index is -0.632. The average molecular weight is 278 g/mol. The van der Waals surface area contributed by atoms with Crippen LogP contribution in [0.1, 0.15) is 39.2 Å². The Morgan fingerprint density at radius 2 is 1.88 bits per heavy atom. The fourth-order valence-electron chi connectivity index (χ4n) is 1.68. The quantitative estimate of drug-likeness (QED) is 0.791. The summed E-state index contributed by atoms with van der Waals surface area (Å²) in [5.41, 5.74) is 6.19. The number of halogens is 3. The Labute approximate surface area is 112 Å². The van der Waals surface area contributed by atoms with E-state index < -0.39 is 11.4 Å². The molecule has 96 valence electrons. The fourth-order valence-corrected chi connectivity index (χ4v) is 2.28. The molecule has 0 saturated heterocycles. The number of benzene rings is 1. The molecular formula is C13H18Cl2FN. The summed E-state index contributed by atoms with van der Waals surface area (Å²) in [7, 11) is 0. The van der Waals surface area contributed by atoms with Gasteiger partial charge in [-0.2, -0.15) is 0 Å². The predicted octanol–water partition coefficient (Wildman–Crippen LogP) is 4.74.